The van der Waals surface area contributed by atoms with Crippen LogP contribution < -0.4 is 14.4 Å². The molecule has 0 aromatic heterocycles. The third-order valence-corrected chi connectivity index (χ3v) is 9.26. The Kier molecular flexibility index (Phi) is 10.6. The van der Waals surface area contributed by atoms with Gasteiger partial charge in [-0.05, 0) is 87.2 Å². The van der Waals surface area contributed by atoms with Gasteiger partial charge in [-0.25, -0.2) is 12.8 Å². The van der Waals surface area contributed by atoms with Crippen molar-refractivity contribution < 1.29 is 27.1 Å². The number of hydrogen-bond donors (Lipinski definition) is 1. The number of sulfonamides is 1. The van der Waals surface area contributed by atoms with Crippen molar-refractivity contribution >= 4 is 27.5 Å². The van der Waals surface area contributed by atoms with E-state index in [0.29, 0.717) is 18.8 Å². The summed E-state index contributed by atoms with van der Waals surface area (Å²) >= 11 is 0. The summed E-state index contributed by atoms with van der Waals surface area (Å²) in [6.45, 7) is 3.55. The second-order valence-electron chi connectivity index (χ2n) is 10.4. The van der Waals surface area contributed by atoms with E-state index in [-0.39, 0.29) is 29.1 Å². The lowest BCUT2D eigenvalue weighted by Gasteiger charge is -2.32. The Morgan fingerprint density at radius 2 is 1.62 bits per heavy atom. The van der Waals surface area contributed by atoms with Crippen LogP contribution in [0.1, 0.15) is 45.1 Å². The molecule has 2 amide bonds. The quantitative estimate of drug-likeness (QED) is 0.302. The summed E-state index contributed by atoms with van der Waals surface area (Å²) in [5.41, 5.74) is 1.11. The van der Waals surface area contributed by atoms with Crippen molar-refractivity contribution in [2.75, 3.05) is 24.0 Å². The first-order valence-corrected chi connectivity index (χ1v) is 15.8. The molecule has 0 heterocycles. The van der Waals surface area contributed by atoms with Crippen LogP contribution in [-0.4, -0.2) is 56.9 Å². The fourth-order valence-corrected chi connectivity index (χ4v) is 6.51. The number of carbonyl (C=O) groups is 2. The fraction of sp³-hybridized carbons (Fsp3) is 0.375. The summed E-state index contributed by atoms with van der Waals surface area (Å²) in [6.07, 6.45) is 4.37. The Morgan fingerprint density at radius 3 is 2.24 bits per heavy atom. The number of anilines is 1. The molecular formula is C32H38FN3O5S. The molecule has 1 aliphatic carbocycles. The highest BCUT2D eigenvalue weighted by Crippen LogP contribution is 2.26. The normalized spacial score (nSPS) is 14.3. The van der Waals surface area contributed by atoms with Crippen molar-refractivity contribution in [2.45, 2.75) is 62.9 Å². The number of nitrogens with zero attached hydrogens (tertiary/aromatic N) is 2. The molecule has 0 spiro atoms. The SMILES string of the molecule is CCOc1ccc(S(=O)(=O)N(CC(=O)N(CCc2ccccc2)[C@@H](C)C(=O)NC2CCCC2)c2ccc(F)cc2)cc1. The summed E-state index contributed by atoms with van der Waals surface area (Å²) < 4.78 is 48.0. The van der Waals surface area contributed by atoms with Gasteiger partial charge in [-0.1, -0.05) is 43.2 Å². The average Bonchev–Trinajstić information content (AvgIpc) is 3.50. The molecular weight excluding hydrogens is 557 g/mol. The van der Waals surface area contributed by atoms with Crippen LogP contribution in [0.15, 0.2) is 83.8 Å². The lowest BCUT2D eigenvalue weighted by molar-refractivity contribution is -0.139. The van der Waals surface area contributed by atoms with Gasteiger partial charge < -0.3 is 15.0 Å². The highest BCUT2D eigenvalue weighted by molar-refractivity contribution is 7.92. The smallest absolute Gasteiger partial charge is 0.264 e. The maximum absolute atomic E-state index is 14.0. The van der Waals surface area contributed by atoms with Gasteiger partial charge in [-0.15, -0.1) is 0 Å². The number of rotatable bonds is 13. The van der Waals surface area contributed by atoms with Crippen molar-refractivity contribution in [1.29, 1.82) is 0 Å². The van der Waals surface area contributed by atoms with Crippen molar-refractivity contribution in [3.63, 3.8) is 0 Å². The molecule has 1 aliphatic rings. The van der Waals surface area contributed by atoms with Crippen LogP contribution in [-0.2, 0) is 26.0 Å². The molecule has 4 rings (SSSR count). The molecule has 10 heteroatoms. The number of benzene rings is 3. The van der Waals surface area contributed by atoms with Gasteiger partial charge in [0.2, 0.25) is 11.8 Å². The number of ether oxygens (including phenoxy) is 1. The van der Waals surface area contributed by atoms with E-state index in [1.54, 1.807) is 19.1 Å². The second-order valence-corrected chi connectivity index (χ2v) is 12.2. The first-order valence-electron chi connectivity index (χ1n) is 14.3. The Hall–Kier alpha value is -3.92. The van der Waals surface area contributed by atoms with Gasteiger partial charge in [0.1, 0.15) is 24.2 Å². The Balaban J connectivity index is 1.63. The molecule has 224 valence electrons. The van der Waals surface area contributed by atoms with Crippen LogP contribution in [0, 0.1) is 5.82 Å². The Labute approximate surface area is 247 Å². The number of hydrogen-bond acceptors (Lipinski definition) is 5. The predicted molar refractivity (Wildman–Crippen MR) is 160 cm³/mol. The van der Waals surface area contributed by atoms with E-state index >= 15 is 0 Å². The molecule has 3 aromatic carbocycles. The molecule has 3 aromatic rings. The van der Waals surface area contributed by atoms with E-state index in [9.17, 15) is 22.4 Å². The molecule has 8 nitrogen and oxygen atoms in total. The summed E-state index contributed by atoms with van der Waals surface area (Å²) in [5.74, 6) is -0.843. The van der Waals surface area contributed by atoms with Crippen LogP contribution in [0.2, 0.25) is 0 Å². The van der Waals surface area contributed by atoms with Crippen molar-refractivity contribution in [3.8, 4) is 5.75 Å². The molecule has 0 saturated heterocycles. The van der Waals surface area contributed by atoms with Crippen LogP contribution in [0.4, 0.5) is 10.1 Å². The number of amides is 2. The first-order chi connectivity index (χ1) is 20.2. The van der Waals surface area contributed by atoms with E-state index < -0.39 is 34.3 Å². The van der Waals surface area contributed by atoms with Crippen molar-refractivity contribution in [2.24, 2.45) is 0 Å². The Morgan fingerprint density at radius 1 is 0.976 bits per heavy atom. The van der Waals surface area contributed by atoms with Gasteiger partial charge in [0.05, 0.1) is 17.2 Å². The molecule has 1 atom stereocenters. The second kappa shape index (κ2) is 14.3. The molecule has 1 saturated carbocycles. The summed E-state index contributed by atoms with van der Waals surface area (Å²) in [4.78, 5) is 28.6. The largest absolute Gasteiger partial charge is 0.494 e. The van der Waals surface area contributed by atoms with E-state index in [4.69, 9.17) is 4.74 Å². The first kappa shape index (κ1) is 31.0. The minimum Gasteiger partial charge on any atom is -0.494 e. The van der Waals surface area contributed by atoms with Gasteiger partial charge >= 0.3 is 0 Å². The van der Waals surface area contributed by atoms with Gasteiger partial charge in [0.15, 0.2) is 0 Å². The monoisotopic (exact) mass is 595 g/mol. The summed E-state index contributed by atoms with van der Waals surface area (Å²) in [6, 6.07) is 19.6. The molecule has 1 fully saturated rings. The van der Waals surface area contributed by atoms with Crippen LogP contribution in [0.25, 0.3) is 0 Å². The molecule has 1 N–H and O–H groups in total. The van der Waals surface area contributed by atoms with Gasteiger partial charge in [0, 0.05) is 12.6 Å². The number of carbonyl (C=O) groups excluding carboxylic acids is 2. The topological polar surface area (TPSA) is 96.0 Å². The van der Waals surface area contributed by atoms with Gasteiger partial charge in [-0.2, -0.15) is 0 Å². The van der Waals surface area contributed by atoms with Crippen LogP contribution in [0.5, 0.6) is 5.75 Å². The Bertz CT molecular complexity index is 1430. The van der Waals surface area contributed by atoms with Gasteiger partial charge in [0.25, 0.3) is 10.0 Å². The van der Waals surface area contributed by atoms with E-state index in [2.05, 4.69) is 5.32 Å². The van der Waals surface area contributed by atoms with Crippen LogP contribution in [0.3, 0.4) is 0 Å². The van der Waals surface area contributed by atoms with E-state index in [1.165, 1.54) is 29.2 Å². The van der Waals surface area contributed by atoms with Crippen molar-refractivity contribution in [1.82, 2.24) is 10.2 Å². The molecule has 0 unspecified atom stereocenters. The summed E-state index contributed by atoms with van der Waals surface area (Å²) in [7, 11) is -4.25. The van der Waals surface area contributed by atoms with E-state index in [0.717, 1.165) is 47.7 Å². The zero-order valence-electron chi connectivity index (χ0n) is 24.0. The summed E-state index contributed by atoms with van der Waals surface area (Å²) in [5, 5.41) is 3.06. The predicted octanol–water partition coefficient (Wildman–Crippen LogP) is 4.94. The highest BCUT2D eigenvalue weighted by Gasteiger charge is 2.33. The number of halogens is 1. The van der Waals surface area contributed by atoms with Crippen molar-refractivity contribution in [3.05, 3.63) is 90.2 Å². The number of nitrogens with one attached hydrogen (secondary N) is 1. The highest BCUT2D eigenvalue weighted by atomic mass is 32.2. The molecule has 0 bridgehead atoms. The average molecular weight is 596 g/mol. The zero-order valence-corrected chi connectivity index (χ0v) is 24.9. The fourth-order valence-electron chi connectivity index (χ4n) is 5.10. The maximum Gasteiger partial charge on any atom is 0.264 e. The van der Waals surface area contributed by atoms with Gasteiger partial charge in [-0.3, -0.25) is 13.9 Å². The standard InChI is InChI=1S/C32H38FN3O5S/c1-3-41-29-17-19-30(20-18-29)42(39,40)36(28-15-13-26(33)14-16-28)23-31(37)35(22-21-25-9-5-4-6-10-25)24(2)32(38)34-27-11-7-8-12-27/h4-6,9-10,13-20,24,27H,3,7-8,11-12,21-23H2,1-2H3,(H,34,38)/t24-/m0/s1. The maximum atomic E-state index is 14.0. The molecule has 0 aliphatic heterocycles. The minimum absolute atomic E-state index is 0.0501. The molecule has 0 radical (unpaired) electrons. The van der Waals surface area contributed by atoms with Crippen LogP contribution >= 0.6 is 0 Å². The zero-order chi connectivity index (χ0) is 30.1. The molecule has 42 heavy (non-hydrogen) atoms. The third-order valence-electron chi connectivity index (χ3n) is 7.47. The lowest BCUT2D eigenvalue weighted by atomic mass is 10.1. The lowest BCUT2D eigenvalue weighted by Crippen LogP contribution is -2.53. The third kappa shape index (κ3) is 7.88. The van der Waals surface area contributed by atoms with E-state index in [1.807, 2.05) is 37.3 Å². The minimum atomic E-state index is -4.25.